The highest BCUT2D eigenvalue weighted by molar-refractivity contribution is 7.07. The molecule has 6 nitrogen and oxygen atoms in total. The predicted molar refractivity (Wildman–Crippen MR) is 102 cm³/mol. The van der Waals surface area contributed by atoms with Crippen LogP contribution in [0.4, 0.5) is 0 Å². The first kappa shape index (κ1) is 17.9. The lowest BCUT2D eigenvalue weighted by Gasteiger charge is -2.15. The molecular formula is C19H19NO5S. The van der Waals surface area contributed by atoms with Crippen LogP contribution in [0.1, 0.15) is 0 Å². The molecule has 0 bridgehead atoms. The van der Waals surface area contributed by atoms with E-state index in [9.17, 15) is 4.79 Å². The predicted octanol–water partition coefficient (Wildman–Crippen LogP) is 3.60. The summed E-state index contributed by atoms with van der Waals surface area (Å²) in [5, 5.41) is 1.83. The van der Waals surface area contributed by atoms with Gasteiger partial charge < -0.3 is 18.9 Å². The molecule has 0 fully saturated rings. The lowest BCUT2D eigenvalue weighted by molar-refractivity contribution is 0.324. The molecule has 0 aliphatic heterocycles. The molecule has 136 valence electrons. The molecule has 0 atom stereocenters. The summed E-state index contributed by atoms with van der Waals surface area (Å²) in [5.74, 6) is 2.21. The number of thiazole rings is 1. The topological polar surface area (TPSA) is 58.9 Å². The summed E-state index contributed by atoms with van der Waals surface area (Å²) < 4.78 is 23.0. The van der Waals surface area contributed by atoms with Gasteiger partial charge in [0.1, 0.15) is 5.75 Å². The fraction of sp³-hybridized carbons (Fsp3) is 0.211. The summed E-state index contributed by atoms with van der Waals surface area (Å²) >= 11 is 1.13. The quantitative estimate of drug-likeness (QED) is 0.661. The Labute approximate surface area is 155 Å². The van der Waals surface area contributed by atoms with Crippen molar-refractivity contribution in [3.05, 3.63) is 51.4 Å². The van der Waals surface area contributed by atoms with Crippen LogP contribution >= 0.6 is 11.3 Å². The van der Waals surface area contributed by atoms with Crippen molar-refractivity contribution in [1.82, 2.24) is 4.57 Å². The second-order valence-electron chi connectivity index (χ2n) is 5.33. The first-order valence-corrected chi connectivity index (χ1v) is 8.66. The lowest BCUT2D eigenvalue weighted by atomic mass is 10.1. The molecule has 3 rings (SSSR count). The number of hydrogen-bond donors (Lipinski definition) is 0. The van der Waals surface area contributed by atoms with Crippen LogP contribution in [0.5, 0.6) is 23.0 Å². The molecule has 0 radical (unpaired) electrons. The van der Waals surface area contributed by atoms with E-state index in [1.165, 1.54) is 0 Å². The van der Waals surface area contributed by atoms with E-state index in [0.29, 0.717) is 22.9 Å². The van der Waals surface area contributed by atoms with Crippen molar-refractivity contribution in [3.8, 4) is 39.9 Å². The molecule has 2 aromatic carbocycles. The van der Waals surface area contributed by atoms with Crippen molar-refractivity contribution in [2.45, 2.75) is 0 Å². The van der Waals surface area contributed by atoms with Gasteiger partial charge in [-0.2, -0.15) is 0 Å². The van der Waals surface area contributed by atoms with Gasteiger partial charge in [0.05, 0.1) is 39.8 Å². The first-order valence-electron chi connectivity index (χ1n) is 7.78. The maximum Gasteiger partial charge on any atom is 0.312 e. The summed E-state index contributed by atoms with van der Waals surface area (Å²) in [4.78, 5) is 12.4. The maximum atomic E-state index is 12.5. The minimum Gasteiger partial charge on any atom is -0.497 e. The Kier molecular flexibility index (Phi) is 5.18. The highest BCUT2D eigenvalue weighted by Crippen LogP contribution is 2.40. The number of nitrogens with zero attached hydrogens (tertiary/aromatic N) is 1. The van der Waals surface area contributed by atoms with E-state index < -0.39 is 0 Å². The Morgan fingerprint density at radius 1 is 0.846 bits per heavy atom. The molecule has 26 heavy (non-hydrogen) atoms. The van der Waals surface area contributed by atoms with E-state index in [1.807, 2.05) is 29.6 Å². The SMILES string of the molecule is COc1ccc(-c2csc(=O)n2-c2cc(OC)c(OC)c(OC)c2)cc1. The van der Waals surface area contributed by atoms with Crippen LogP contribution in [-0.4, -0.2) is 33.0 Å². The van der Waals surface area contributed by atoms with Gasteiger partial charge in [0, 0.05) is 17.5 Å². The molecule has 1 heterocycles. The molecule has 1 aromatic heterocycles. The zero-order valence-electron chi connectivity index (χ0n) is 14.9. The summed E-state index contributed by atoms with van der Waals surface area (Å²) in [6, 6.07) is 11.0. The smallest absolute Gasteiger partial charge is 0.312 e. The lowest BCUT2D eigenvalue weighted by Crippen LogP contribution is -2.12. The van der Waals surface area contributed by atoms with Gasteiger partial charge in [0.25, 0.3) is 0 Å². The van der Waals surface area contributed by atoms with Crippen molar-refractivity contribution in [3.63, 3.8) is 0 Å². The van der Waals surface area contributed by atoms with Crippen LogP contribution in [0.25, 0.3) is 16.9 Å². The van der Waals surface area contributed by atoms with E-state index in [1.54, 1.807) is 45.1 Å². The molecular weight excluding hydrogens is 354 g/mol. The van der Waals surface area contributed by atoms with Gasteiger partial charge in [-0.15, -0.1) is 0 Å². The zero-order chi connectivity index (χ0) is 18.7. The van der Waals surface area contributed by atoms with Gasteiger partial charge in [0.15, 0.2) is 11.5 Å². The second kappa shape index (κ2) is 7.53. The normalized spacial score (nSPS) is 10.5. The van der Waals surface area contributed by atoms with Gasteiger partial charge in [-0.25, -0.2) is 0 Å². The van der Waals surface area contributed by atoms with Crippen molar-refractivity contribution in [2.24, 2.45) is 0 Å². The molecule has 0 unspecified atom stereocenters. The van der Waals surface area contributed by atoms with E-state index in [-0.39, 0.29) is 4.87 Å². The van der Waals surface area contributed by atoms with Crippen molar-refractivity contribution < 1.29 is 18.9 Å². The molecule has 0 spiro atoms. The highest BCUT2D eigenvalue weighted by atomic mass is 32.1. The number of aromatic nitrogens is 1. The van der Waals surface area contributed by atoms with Crippen LogP contribution in [-0.2, 0) is 0 Å². The Balaban J connectivity index is 2.18. The summed E-state index contributed by atoms with van der Waals surface area (Å²) in [6.07, 6.45) is 0. The van der Waals surface area contributed by atoms with Gasteiger partial charge in [-0.1, -0.05) is 11.3 Å². The van der Waals surface area contributed by atoms with Crippen LogP contribution in [0.3, 0.4) is 0 Å². The summed E-state index contributed by atoms with van der Waals surface area (Å²) in [6.45, 7) is 0. The largest absolute Gasteiger partial charge is 0.497 e. The molecule has 0 aliphatic rings. The number of methoxy groups -OCH3 is 4. The first-order chi connectivity index (χ1) is 12.6. The molecule has 7 heteroatoms. The van der Waals surface area contributed by atoms with Crippen LogP contribution in [0, 0.1) is 0 Å². The van der Waals surface area contributed by atoms with Crippen molar-refractivity contribution >= 4 is 11.3 Å². The number of benzene rings is 2. The minimum absolute atomic E-state index is 0.106. The third kappa shape index (κ3) is 3.13. The molecule has 0 saturated heterocycles. The Morgan fingerprint density at radius 3 is 1.96 bits per heavy atom. The van der Waals surface area contributed by atoms with Gasteiger partial charge >= 0.3 is 4.87 Å². The summed E-state index contributed by atoms with van der Waals surface area (Å²) in [7, 11) is 6.24. The standard InChI is InChI=1S/C19H19NO5S/c1-22-14-7-5-12(6-8-14)15-11-26-19(21)20(15)13-9-16(23-2)18(25-4)17(10-13)24-3/h5-11H,1-4H3. The van der Waals surface area contributed by atoms with Gasteiger partial charge in [-0.05, 0) is 29.8 Å². The average molecular weight is 373 g/mol. The molecule has 0 N–H and O–H groups in total. The fourth-order valence-corrected chi connectivity index (χ4v) is 3.47. The minimum atomic E-state index is -0.106. The zero-order valence-corrected chi connectivity index (χ0v) is 15.8. The molecule has 3 aromatic rings. The van der Waals surface area contributed by atoms with Crippen molar-refractivity contribution in [1.29, 1.82) is 0 Å². The molecule has 0 amide bonds. The van der Waals surface area contributed by atoms with E-state index in [4.69, 9.17) is 18.9 Å². The van der Waals surface area contributed by atoms with E-state index >= 15 is 0 Å². The van der Waals surface area contributed by atoms with Crippen LogP contribution in [0.2, 0.25) is 0 Å². The molecule has 0 saturated carbocycles. The number of rotatable bonds is 6. The second-order valence-corrected chi connectivity index (χ2v) is 6.15. The average Bonchev–Trinajstić information content (AvgIpc) is 3.08. The van der Waals surface area contributed by atoms with Crippen LogP contribution < -0.4 is 23.8 Å². The monoisotopic (exact) mass is 373 g/mol. The van der Waals surface area contributed by atoms with E-state index in [2.05, 4.69) is 0 Å². The third-order valence-electron chi connectivity index (χ3n) is 3.99. The fourth-order valence-electron chi connectivity index (χ4n) is 2.71. The summed E-state index contributed by atoms with van der Waals surface area (Å²) in [5.41, 5.74) is 2.31. The van der Waals surface area contributed by atoms with Gasteiger partial charge in [0.2, 0.25) is 5.75 Å². The van der Waals surface area contributed by atoms with Gasteiger partial charge in [-0.3, -0.25) is 9.36 Å². The maximum absolute atomic E-state index is 12.5. The van der Waals surface area contributed by atoms with Crippen molar-refractivity contribution in [2.75, 3.05) is 28.4 Å². The third-order valence-corrected chi connectivity index (χ3v) is 4.71. The van der Waals surface area contributed by atoms with E-state index in [0.717, 1.165) is 28.3 Å². The number of ether oxygens (including phenoxy) is 4. The number of hydrogen-bond acceptors (Lipinski definition) is 6. The Bertz CT molecular complexity index is 934. The Hall–Kier alpha value is -2.93. The Morgan fingerprint density at radius 2 is 1.46 bits per heavy atom. The highest BCUT2D eigenvalue weighted by Gasteiger charge is 2.18. The molecule has 0 aliphatic carbocycles. The van der Waals surface area contributed by atoms with Crippen LogP contribution in [0.15, 0.2) is 46.6 Å².